The highest BCUT2D eigenvalue weighted by Gasteiger charge is 2.24. The van der Waals surface area contributed by atoms with Crippen LogP contribution < -0.4 is 11.1 Å². The minimum Gasteiger partial charge on any atom is -0.368 e. The number of nitrogens with one attached hydrogen (secondary N) is 1. The van der Waals surface area contributed by atoms with Crippen molar-refractivity contribution in [3.63, 3.8) is 0 Å². The lowest BCUT2D eigenvalue weighted by atomic mass is 10.0. The molecular weight excluding hydrogens is 346 g/mol. The Morgan fingerprint density at radius 3 is 2.41 bits per heavy atom. The molecule has 1 atom stereocenters. The lowest BCUT2D eigenvalue weighted by molar-refractivity contribution is -0.385. The van der Waals surface area contributed by atoms with Crippen molar-refractivity contribution in [3.05, 3.63) is 88.0 Å². The Bertz CT molecular complexity index is 1030. The van der Waals surface area contributed by atoms with E-state index in [1.54, 1.807) is 18.2 Å². The number of nitrogens with zero attached hydrogens (tertiary/aromatic N) is 1. The monoisotopic (exact) mass is 363 g/mol. The maximum Gasteiger partial charge on any atom is 0.272 e. The summed E-state index contributed by atoms with van der Waals surface area (Å²) >= 11 is 0. The van der Waals surface area contributed by atoms with Crippen molar-refractivity contribution in [1.82, 2.24) is 5.32 Å². The van der Waals surface area contributed by atoms with Crippen LogP contribution in [0.2, 0.25) is 0 Å². The molecule has 2 amide bonds. The number of hydrogen-bond acceptors (Lipinski definition) is 4. The van der Waals surface area contributed by atoms with Gasteiger partial charge in [0.15, 0.2) is 0 Å². The largest absolute Gasteiger partial charge is 0.368 e. The van der Waals surface area contributed by atoms with Crippen LogP contribution in [0.15, 0.2) is 66.7 Å². The number of nitro groups is 1. The average molecular weight is 363 g/mol. The maximum absolute atomic E-state index is 12.7. The van der Waals surface area contributed by atoms with E-state index < -0.39 is 22.8 Å². The van der Waals surface area contributed by atoms with Crippen molar-refractivity contribution in [1.29, 1.82) is 0 Å². The first-order valence-electron chi connectivity index (χ1n) is 8.27. The molecule has 0 fully saturated rings. The predicted molar refractivity (Wildman–Crippen MR) is 101 cm³/mol. The summed E-state index contributed by atoms with van der Waals surface area (Å²) in [5.74, 6) is -1.23. The molecule has 0 aliphatic rings. The second-order valence-electron chi connectivity index (χ2n) is 6.05. The van der Waals surface area contributed by atoms with E-state index in [2.05, 4.69) is 5.32 Å². The molecule has 27 heavy (non-hydrogen) atoms. The van der Waals surface area contributed by atoms with E-state index in [4.69, 9.17) is 5.73 Å². The molecule has 7 heteroatoms. The molecule has 3 aromatic rings. The Kier molecular flexibility index (Phi) is 5.12. The Balaban J connectivity index is 1.88. The number of fused-ring (bicyclic) bond motifs is 1. The van der Waals surface area contributed by atoms with Crippen LogP contribution in [0.5, 0.6) is 0 Å². The maximum atomic E-state index is 12.7. The SMILES string of the molecule is NC(=O)[C@H](Cc1ccccc1[N+](=O)[O-])NC(=O)c1cccc2ccccc12. The highest BCUT2D eigenvalue weighted by atomic mass is 16.6. The number of nitrogens with two attached hydrogens (primary N) is 1. The standard InChI is InChI=1S/C20H17N3O4/c21-19(24)17(12-14-7-2-4-11-18(14)23(26)27)22-20(25)16-10-5-8-13-6-1-3-9-15(13)16/h1-11,17H,12H2,(H2,21,24)(H,22,25)/t17-/m0/s1. The molecule has 0 bridgehead atoms. The first-order chi connectivity index (χ1) is 13.0. The van der Waals surface area contributed by atoms with E-state index in [0.717, 1.165) is 10.8 Å². The molecule has 0 saturated heterocycles. The topological polar surface area (TPSA) is 115 Å². The van der Waals surface area contributed by atoms with E-state index in [1.165, 1.54) is 18.2 Å². The van der Waals surface area contributed by atoms with Crippen molar-refractivity contribution < 1.29 is 14.5 Å². The van der Waals surface area contributed by atoms with Gasteiger partial charge in [-0.25, -0.2) is 0 Å². The lowest BCUT2D eigenvalue weighted by Crippen LogP contribution is -2.46. The van der Waals surface area contributed by atoms with Crippen LogP contribution >= 0.6 is 0 Å². The summed E-state index contributed by atoms with van der Waals surface area (Å²) < 4.78 is 0. The summed E-state index contributed by atoms with van der Waals surface area (Å²) in [6.07, 6.45) is -0.0665. The molecule has 0 unspecified atom stereocenters. The predicted octanol–water partition coefficient (Wildman–Crippen LogP) is 2.57. The summed E-state index contributed by atoms with van der Waals surface area (Å²) in [6.45, 7) is 0. The molecule has 0 spiro atoms. The Labute approximate surface area is 154 Å². The molecule has 0 heterocycles. The van der Waals surface area contributed by atoms with Gasteiger partial charge >= 0.3 is 0 Å². The number of carbonyl (C=O) groups is 2. The van der Waals surface area contributed by atoms with E-state index in [1.807, 2.05) is 30.3 Å². The van der Waals surface area contributed by atoms with Crippen LogP contribution in [-0.4, -0.2) is 22.8 Å². The minimum atomic E-state index is -1.07. The van der Waals surface area contributed by atoms with Crippen LogP contribution in [0, 0.1) is 10.1 Å². The Hall–Kier alpha value is -3.74. The first-order valence-corrected chi connectivity index (χ1v) is 8.27. The number of rotatable bonds is 6. The average Bonchev–Trinajstić information content (AvgIpc) is 2.67. The third-order valence-electron chi connectivity index (χ3n) is 4.30. The van der Waals surface area contributed by atoms with Crippen molar-refractivity contribution in [2.45, 2.75) is 12.5 Å². The van der Waals surface area contributed by atoms with Gasteiger partial charge in [0.05, 0.1) is 4.92 Å². The van der Waals surface area contributed by atoms with E-state index in [-0.39, 0.29) is 12.1 Å². The van der Waals surface area contributed by atoms with Gasteiger partial charge in [0.1, 0.15) is 6.04 Å². The summed E-state index contributed by atoms with van der Waals surface area (Å²) in [5.41, 5.74) is 6.03. The third kappa shape index (κ3) is 3.92. The Morgan fingerprint density at radius 2 is 1.67 bits per heavy atom. The van der Waals surface area contributed by atoms with E-state index >= 15 is 0 Å². The van der Waals surface area contributed by atoms with E-state index in [0.29, 0.717) is 11.1 Å². The summed E-state index contributed by atoms with van der Waals surface area (Å²) in [6, 6.07) is 17.6. The molecule has 0 saturated carbocycles. The second-order valence-corrected chi connectivity index (χ2v) is 6.05. The molecule has 7 nitrogen and oxygen atoms in total. The van der Waals surface area contributed by atoms with Crippen molar-refractivity contribution in [3.8, 4) is 0 Å². The molecule has 0 aromatic heterocycles. The van der Waals surface area contributed by atoms with E-state index in [9.17, 15) is 19.7 Å². The van der Waals surface area contributed by atoms with Gasteiger partial charge < -0.3 is 11.1 Å². The zero-order valence-electron chi connectivity index (χ0n) is 14.3. The quantitative estimate of drug-likeness (QED) is 0.517. The molecular formula is C20H17N3O4. The fraction of sp³-hybridized carbons (Fsp3) is 0.100. The highest BCUT2D eigenvalue weighted by Crippen LogP contribution is 2.21. The fourth-order valence-electron chi connectivity index (χ4n) is 2.96. The zero-order valence-corrected chi connectivity index (χ0v) is 14.3. The number of carbonyl (C=O) groups excluding carboxylic acids is 2. The number of benzene rings is 3. The third-order valence-corrected chi connectivity index (χ3v) is 4.30. The molecule has 0 radical (unpaired) electrons. The van der Waals surface area contributed by atoms with Gasteiger partial charge in [0.25, 0.3) is 11.6 Å². The molecule has 136 valence electrons. The van der Waals surface area contributed by atoms with Crippen molar-refractivity contribution in [2.24, 2.45) is 5.73 Å². The minimum absolute atomic E-state index is 0.0665. The van der Waals surface area contributed by atoms with Crippen LogP contribution in [0.3, 0.4) is 0 Å². The molecule has 3 aromatic carbocycles. The van der Waals surface area contributed by atoms with Crippen molar-refractivity contribution in [2.75, 3.05) is 0 Å². The van der Waals surface area contributed by atoms with Crippen LogP contribution in [0.25, 0.3) is 10.8 Å². The normalized spacial score (nSPS) is 11.7. The van der Waals surface area contributed by atoms with Crippen molar-refractivity contribution >= 4 is 28.3 Å². The van der Waals surface area contributed by atoms with Gasteiger partial charge in [-0.05, 0) is 16.8 Å². The fourth-order valence-corrected chi connectivity index (χ4v) is 2.96. The van der Waals surface area contributed by atoms with Gasteiger partial charge in [-0.1, -0.05) is 54.6 Å². The van der Waals surface area contributed by atoms with Gasteiger partial charge in [-0.2, -0.15) is 0 Å². The second kappa shape index (κ2) is 7.65. The number of nitro benzene ring substituents is 1. The van der Waals surface area contributed by atoms with Gasteiger partial charge in [-0.3, -0.25) is 19.7 Å². The highest BCUT2D eigenvalue weighted by molar-refractivity contribution is 6.08. The van der Waals surface area contributed by atoms with Gasteiger partial charge in [0.2, 0.25) is 5.91 Å². The first kappa shape index (κ1) is 18.1. The number of para-hydroxylation sites is 1. The number of amides is 2. The van der Waals surface area contributed by atoms with Gasteiger partial charge in [0, 0.05) is 23.6 Å². The van der Waals surface area contributed by atoms with Crippen LogP contribution in [-0.2, 0) is 11.2 Å². The Morgan fingerprint density at radius 1 is 1.00 bits per heavy atom. The smallest absolute Gasteiger partial charge is 0.272 e. The zero-order chi connectivity index (χ0) is 19.4. The van der Waals surface area contributed by atoms with Gasteiger partial charge in [-0.15, -0.1) is 0 Å². The summed E-state index contributed by atoms with van der Waals surface area (Å²) in [4.78, 5) is 35.2. The lowest BCUT2D eigenvalue weighted by Gasteiger charge is -2.16. The number of primary amides is 1. The van der Waals surface area contributed by atoms with Crippen LogP contribution in [0.1, 0.15) is 15.9 Å². The molecule has 3 rings (SSSR count). The number of hydrogen-bond donors (Lipinski definition) is 2. The van der Waals surface area contributed by atoms with Crippen LogP contribution in [0.4, 0.5) is 5.69 Å². The molecule has 0 aliphatic carbocycles. The molecule has 3 N–H and O–H groups in total. The molecule has 0 aliphatic heterocycles. The summed E-state index contributed by atoms with van der Waals surface area (Å²) in [5, 5.41) is 15.4. The summed E-state index contributed by atoms with van der Waals surface area (Å²) in [7, 11) is 0.